The highest BCUT2D eigenvalue weighted by Crippen LogP contribution is 2.36. The molecule has 1 aliphatic heterocycles. The van der Waals surface area contributed by atoms with Crippen molar-refractivity contribution in [3.63, 3.8) is 0 Å². The van der Waals surface area contributed by atoms with Gasteiger partial charge in [0.25, 0.3) is 5.91 Å². The maximum Gasteiger partial charge on any atom is 0.262 e. The molecule has 1 amide bonds. The molecule has 5 heteroatoms. The Hall–Kier alpha value is -2.79. The van der Waals surface area contributed by atoms with Gasteiger partial charge in [0.15, 0.2) is 0 Å². The zero-order valence-corrected chi connectivity index (χ0v) is 14.5. The van der Waals surface area contributed by atoms with Crippen LogP contribution in [0.15, 0.2) is 78.0 Å². The van der Waals surface area contributed by atoms with Gasteiger partial charge in [-0.2, -0.15) is 0 Å². The van der Waals surface area contributed by atoms with Gasteiger partial charge in [0, 0.05) is 28.7 Å². The molecule has 1 aliphatic rings. The van der Waals surface area contributed by atoms with Crippen LogP contribution in [0.1, 0.15) is 22.1 Å². The molecule has 0 spiro atoms. The van der Waals surface area contributed by atoms with Gasteiger partial charge in [-0.1, -0.05) is 24.3 Å². The van der Waals surface area contributed by atoms with Gasteiger partial charge in [-0.3, -0.25) is 14.7 Å². The normalized spacial score (nSPS) is 16.3. The third-order valence-electron chi connectivity index (χ3n) is 4.30. The molecule has 0 saturated heterocycles. The predicted octanol–water partition coefficient (Wildman–Crippen LogP) is 4.57. The number of para-hydroxylation sites is 1. The summed E-state index contributed by atoms with van der Waals surface area (Å²) in [6.45, 7) is 0. The molecule has 124 valence electrons. The summed E-state index contributed by atoms with van der Waals surface area (Å²) in [4.78, 5) is 20.2. The molecule has 0 saturated carbocycles. The topological polar surface area (TPSA) is 45.2 Å². The third-order valence-corrected chi connectivity index (χ3v) is 5.04. The minimum atomic E-state index is -0.263. The first kappa shape index (κ1) is 15.7. The number of carbonyl (C=O) groups excluding carboxylic acids is 1. The molecule has 1 atom stereocenters. The predicted molar refractivity (Wildman–Crippen MR) is 102 cm³/mol. The number of nitrogens with zero attached hydrogens (tertiary/aromatic N) is 2. The summed E-state index contributed by atoms with van der Waals surface area (Å²) < 4.78 is 0. The van der Waals surface area contributed by atoms with Gasteiger partial charge in [-0.05, 0) is 48.2 Å². The first-order chi connectivity index (χ1) is 12.3. The number of pyridine rings is 1. The van der Waals surface area contributed by atoms with Crippen molar-refractivity contribution in [1.29, 1.82) is 0 Å². The van der Waals surface area contributed by atoms with E-state index in [0.29, 0.717) is 5.56 Å². The van der Waals surface area contributed by atoms with Crippen LogP contribution in [0.25, 0.3) is 0 Å². The Bertz CT molecular complexity index is 896. The molecular weight excluding hydrogens is 330 g/mol. The van der Waals surface area contributed by atoms with Crippen LogP contribution in [-0.2, 0) is 0 Å². The average molecular weight is 347 g/mol. The van der Waals surface area contributed by atoms with Crippen LogP contribution in [0, 0.1) is 0 Å². The monoisotopic (exact) mass is 347 g/mol. The molecule has 3 aromatic rings. The van der Waals surface area contributed by atoms with E-state index in [1.807, 2.05) is 36.4 Å². The molecule has 0 aliphatic carbocycles. The van der Waals surface area contributed by atoms with Crippen molar-refractivity contribution in [1.82, 2.24) is 4.98 Å². The number of anilines is 2. The highest BCUT2D eigenvalue weighted by Gasteiger charge is 2.33. The SMILES string of the molecule is CSc1ccc([C@@H]2Nc3ccccc3C(=O)N2c2ccncc2)cc1. The molecule has 4 rings (SSSR count). The highest BCUT2D eigenvalue weighted by atomic mass is 32.2. The van der Waals surface area contributed by atoms with Crippen LogP contribution in [0.2, 0.25) is 0 Å². The summed E-state index contributed by atoms with van der Waals surface area (Å²) in [5.74, 6) is -0.0144. The fraction of sp³-hybridized carbons (Fsp3) is 0.100. The average Bonchev–Trinajstić information content (AvgIpc) is 2.69. The minimum absolute atomic E-state index is 0.0144. The van der Waals surface area contributed by atoms with E-state index in [-0.39, 0.29) is 12.1 Å². The van der Waals surface area contributed by atoms with Crippen LogP contribution in [0.4, 0.5) is 11.4 Å². The summed E-state index contributed by atoms with van der Waals surface area (Å²) in [5.41, 5.74) is 3.39. The van der Waals surface area contributed by atoms with E-state index in [1.165, 1.54) is 4.90 Å². The van der Waals surface area contributed by atoms with Crippen molar-refractivity contribution >= 4 is 29.0 Å². The second-order valence-electron chi connectivity index (χ2n) is 5.75. The van der Waals surface area contributed by atoms with Crippen LogP contribution in [0.5, 0.6) is 0 Å². The van der Waals surface area contributed by atoms with Crippen molar-refractivity contribution in [2.24, 2.45) is 0 Å². The van der Waals surface area contributed by atoms with E-state index in [1.54, 1.807) is 29.1 Å². The maximum atomic E-state index is 13.2. The Kier molecular flexibility index (Phi) is 4.15. The van der Waals surface area contributed by atoms with Crippen molar-refractivity contribution in [2.75, 3.05) is 16.5 Å². The number of fused-ring (bicyclic) bond motifs is 1. The Morgan fingerprint density at radius 2 is 1.72 bits per heavy atom. The summed E-state index contributed by atoms with van der Waals surface area (Å²) in [6, 6.07) is 19.6. The summed E-state index contributed by atoms with van der Waals surface area (Å²) in [6.07, 6.45) is 5.20. The van der Waals surface area contributed by atoms with E-state index in [0.717, 1.165) is 16.9 Å². The number of amides is 1. The van der Waals surface area contributed by atoms with Gasteiger partial charge >= 0.3 is 0 Å². The summed E-state index contributed by atoms with van der Waals surface area (Å²) >= 11 is 1.70. The fourth-order valence-electron chi connectivity index (χ4n) is 3.04. The van der Waals surface area contributed by atoms with Gasteiger partial charge in [-0.25, -0.2) is 0 Å². The van der Waals surface area contributed by atoms with Gasteiger partial charge in [0.05, 0.1) is 5.56 Å². The Balaban J connectivity index is 1.82. The first-order valence-corrected chi connectivity index (χ1v) is 9.23. The minimum Gasteiger partial charge on any atom is -0.360 e. The second kappa shape index (κ2) is 6.61. The molecule has 2 aromatic carbocycles. The summed E-state index contributed by atoms with van der Waals surface area (Å²) in [5, 5.41) is 3.51. The molecule has 1 N–H and O–H groups in total. The Morgan fingerprint density at radius 3 is 2.44 bits per heavy atom. The van der Waals surface area contributed by atoms with Crippen LogP contribution in [0.3, 0.4) is 0 Å². The number of aromatic nitrogens is 1. The molecule has 0 radical (unpaired) electrons. The standard InChI is InChI=1S/C20H17N3OS/c1-25-16-8-6-14(7-9-16)19-22-18-5-3-2-4-17(18)20(24)23(19)15-10-12-21-13-11-15/h2-13,19,22H,1H3/t19-/m1/s1. The van der Waals surface area contributed by atoms with Crippen LogP contribution >= 0.6 is 11.8 Å². The molecule has 0 unspecified atom stereocenters. The summed E-state index contributed by atoms with van der Waals surface area (Å²) in [7, 11) is 0. The highest BCUT2D eigenvalue weighted by molar-refractivity contribution is 7.98. The number of thioether (sulfide) groups is 1. The number of benzene rings is 2. The van der Waals surface area contributed by atoms with Crippen molar-refractivity contribution in [2.45, 2.75) is 11.1 Å². The molecule has 0 bridgehead atoms. The van der Waals surface area contributed by atoms with E-state index in [4.69, 9.17) is 0 Å². The van der Waals surface area contributed by atoms with E-state index in [9.17, 15) is 4.79 Å². The smallest absolute Gasteiger partial charge is 0.262 e. The molecule has 0 fully saturated rings. The number of nitrogens with one attached hydrogen (secondary N) is 1. The third kappa shape index (κ3) is 2.87. The van der Waals surface area contributed by atoms with Gasteiger partial charge < -0.3 is 5.32 Å². The first-order valence-electron chi connectivity index (χ1n) is 8.01. The van der Waals surface area contributed by atoms with Crippen LogP contribution < -0.4 is 10.2 Å². The van der Waals surface area contributed by atoms with Gasteiger partial charge in [0.1, 0.15) is 6.17 Å². The quantitative estimate of drug-likeness (QED) is 0.705. The lowest BCUT2D eigenvalue weighted by Crippen LogP contribution is -2.43. The lowest BCUT2D eigenvalue weighted by Gasteiger charge is -2.38. The lowest BCUT2D eigenvalue weighted by atomic mass is 10.0. The van der Waals surface area contributed by atoms with E-state index in [2.05, 4.69) is 40.8 Å². The van der Waals surface area contributed by atoms with Gasteiger partial charge in [0.2, 0.25) is 0 Å². The number of carbonyl (C=O) groups is 1. The van der Waals surface area contributed by atoms with Crippen molar-refractivity contribution < 1.29 is 4.79 Å². The van der Waals surface area contributed by atoms with E-state index >= 15 is 0 Å². The van der Waals surface area contributed by atoms with Gasteiger partial charge in [-0.15, -0.1) is 11.8 Å². The molecule has 1 aromatic heterocycles. The number of hydrogen-bond donors (Lipinski definition) is 1. The number of hydrogen-bond acceptors (Lipinski definition) is 4. The zero-order chi connectivity index (χ0) is 17.2. The van der Waals surface area contributed by atoms with Crippen molar-refractivity contribution in [3.8, 4) is 0 Å². The number of rotatable bonds is 3. The van der Waals surface area contributed by atoms with E-state index < -0.39 is 0 Å². The molecule has 4 nitrogen and oxygen atoms in total. The zero-order valence-electron chi connectivity index (χ0n) is 13.7. The Labute approximate surface area is 150 Å². The molecular formula is C20H17N3OS. The van der Waals surface area contributed by atoms with Crippen LogP contribution in [-0.4, -0.2) is 17.1 Å². The Morgan fingerprint density at radius 1 is 1.00 bits per heavy atom. The lowest BCUT2D eigenvalue weighted by molar-refractivity contribution is 0.0975. The maximum absolute atomic E-state index is 13.2. The molecule has 25 heavy (non-hydrogen) atoms. The fourth-order valence-corrected chi connectivity index (χ4v) is 3.45. The van der Waals surface area contributed by atoms with Crippen molar-refractivity contribution in [3.05, 3.63) is 84.2 Å². The second-order valence-corrected chi connectivity index (χ2v) is 6.63. The molecule has 2 heterocycles. The largest absolute Gasteiger partial charge is 0.360 e.